The van der Waals surface area contributed by atoms with E-state index in [9.17, 15) is 13.2 Å². The number of carbonyl (C=O) groups excluding carboxylic acids is 1. The first kappa shape index (κ1) is 16.4. The number of sulfonamides is 1. The average molecular weight is 291 g/mol. The van der Waals surface area contributed by atoms with Gasteiger partial charge in [0, 0.05) is 26.2 Å². The summed E-state index contributed by atoms with van der Waals surface area (Å²) in [5, 5.41) is 2.87. The summed E-state index contributed by atoms with van der Waals surface area (Å²) in [6, 6.07) is 0. The van der Waals surface area contributed by atoms with E-state index in [1.54, 1.807) is 6.92 Å². The van der Waals surface area contributed by atoms with E-state index >= 15 is 0 Å². The summed E-state index contributed by atoms with van der Waals surface area (Å²) >= 11 is 0. The molecule has 1 saturated heterocycles. The largest absolute Gasteiger partial charge is 0.355 e. The Morgan fingerprint density at radius 3 is 2.68 bits per heavy atom. The van der Waals surface area contributed by atoms with Gasteiger partial charge < -0.3 is 10.2 Å². The highest BCUT2D eigenvalue weighted by molar-refractivity contribution is 7.89. The maximum absolute atomic E-state index is 12.0. The van der Waals surface area contributed by atoms with Gasteiger partial charge in [0.1, 0.15) is 0 Å². The number of likely N-dealkylation sites (N-methyl/N-ethyl adjacent to an activating group) is 1. The van der Waals surface area contributed by atoms with Gasteiger partial charge in [-0.1, -0.05) is 0 Å². The number of carbonyl (C=O) groups is 1. The maximum Gasteiger partial charge on any atom is 0.224 e. The second-order valence-electron chi connectivity index (χ2n) is 5.19. The summed E-state index contributed by atoms with van der Waals surface area (Å²) in [6.45, 7) is 3.88. The highest BCUT2D eigenvalue weighted by atomic mass is 32.2. The highest BCUT2D eigenvalue weighted by Crippen LogP contribution is 2.19. The number of nitrogens with zero attached hydrogens (tertiary/aromatic N) is 2. The number of hydrogen-bond acceptors (Lipinski definition) is 4. The lowest BCUT2D eigenvalue weighted by atomic mass is 9.99. The second-order valence-corrected chi connectivity index (χ2v) is 7.45. The molecule has 0 aromatic carbocycles. The molecule has 0 aromatic rings. The molecule has 19 heavy (non-hydrogen) atoms. The topological polar surface area (TPSA) is 69.7 Å². The molecule has 0 bridgehead atoms. The molecule has 0 saturated carbocycles. The monoisotopic (exact) mass is 291 g/mol. The van der Waals surface area contributed by atoms with E-state index in [0.29, 0.717) is 19.6 Å². The van der Waals surface area contributed by atoms with Gasteiger partial charge >= 0.3 is 0 Å². The molecule has 0 aromatic heterocycles. The fourth-order valence-electron chi connectivity index (χ4n) is 2.14. The lowest BCUT2D eigenvalue weighted by Crippen LogP contribution is -2.46. The molecule has 0 spiro atoms. The quantitative estimate of drug-likeness (QED) is 0.731. The van der Waals surface area contributed by atoms with Gasteiger partial charge in [-0.15, -0.1) is 0 Å². The van der Waals surface area contributed by atoms with Crippen LogP contribution in [0.25, 0.3) is 0 Å². The van der Waals surface area contributed by atoms with Crippen molar-refractivity contribution in [2.24, 2.45) is 5.92 Å². The molecule has 0 aliphatic carbocycles. The molecular formula is C12H25N3O3S. The fraction of sp³-hybridized carbons (Fsp3) is 0.917. The van der Waals surface area contributed by atoms with Gasteiger partial charge in [0.05, 0.1) is 11.7 Å². The van der Waals surface area contributed by atoms with Gasteiger partial charge in [0.25, 0.3) is 0 Å². The van der Waals surface area contributed by atoms with E-state index < -0.39 is 10.0 Å². The zero-order chi connectivity index (χ0) is 14.5. The zero-order valence-corrected chi connectivity index (χ0v) is 12.9. The predicted molar refractivity (Wildman–Crippen MR) is 75.3 cm³/mol. The van der Waals surface area contributed by atoms with Crippen LogP contribution < -0.4 is 5.32 Å². The van der Waals surface area contributed by atoms with Crippen LogP contribution in [0.3, 0.4) is 0 Å². The van der Waals surface area contributed by atoms with Gasteiger partial charge in [-0.05, 0) is 33.9 Å². The zero-order valence-electron chi connectivity index (χ0n) is 12.1. The van der Waals surface area contributed by atoms with E-state index in [1.807, 2.05) is 19.0 Å². The summed E-state index contributed by atoms with van der Waals surface area (Å²) in [5.74, 6) is -0.141. The molecule has 1 amide bonds. The van der Waals surface area contributed by atoms with Crippen LogP contribution in [0.4, 0.5) is 0 Å². The standard InChI is InChI=1S/C12H25N3O3S/c1-4-19(17,18)15-8-5-6-11(10-15)12(16)13-7-9-14(2)3/h11H,4-10H2,1-3H3,(H,13,16)/t11-/m1/s1. The van der Waals surface area contributed by atoms with E-state index in [2.05, 4.69) is 5.32 Å². The van der Waals surface area contributed by atoms with E-state index in [4.69, 9.17) is 0 Å². The smallest absolute Gasteiger partial charge is 0.224 e. The molecular weight excluding hydrogens is 266 g/mol. The van der Waals surface area contributed by atoms with Crippen molar-refractivity contribution in [3.05, 3.63) is 0 Å². The van der Waals surface area contributed by atoms with Crippen molar-refractivity contribution in [1.29, 1.82) is 0 Å². The molecule has 1 heterocycles. The molecule has 1 aliphatic heterocycles. The Kier molecular flexibility index (Phi) is 6.22. The third-order valence-electron chi connectivity index (χ3n) is 3.37. The Hall–Kier alpha value is -0.660. The molecule has 0 radical (unpaired) electrons. The Bertz CT molecular complexity index is 395. The molecule has 1 atom stereocenters. The van der Waals surface area contributed by atoms with Gasteiger partial charge in [-0.25, -0.2) is 12.7 Å². The Labute approximate surface area is 116 Å². The number of nitrogens with one attached hydrogen (secondary N) is 1. The van der Waals surface area contributed by atoms with Crippen LogP contribution in [0.15, 0.2) is 0 Å². The minimum Gasteiger partial charge on any atom is -0.355 e. The van der Waals surface area contributed by atoms with Gasteiger partial charge in [-0.3, -0.25) is 4.79 Å². The molecule has 1 rings (SSSR count). The summed E-state index contributed by atoms with van der Waals surface area (Å²) in [6.07, 6.45) is 1.52. The molecule has 1 N–H and O–H groups in total. The van der Waals surface area contributed by atoms with E-state index in [-0.39, 0.29) is 17.6 Å². The van der Waals surface area contributed by atoms with Crippen molar-refractivity contribution in [3.63, 3.8) is 0 Å². The van der Waals surface area contributed by atoms with Crippen molar-refractivity contribution in [2.75, 3.05) is 46.0 Å². The van der Waals surface area contributed by atoms with Crippen molar-refractivity contribution in [1.82, 2.24) is 14.5 Å². The van der Waals surface area contributed by atoms with Crippen LogP contribution in [-0.4, -0.2) is 69.6 Å². The van der Waals surface area contributed by atoms with E-state index in [1.165, 1.54) is 4.31 Å². The van der Waals surface area contributed by atoms with Crippen molar-refractivity contribution in [2.45, 2.75) is 19.8 Å². The second kappa shape index (κ2) is 7.21. The SMILES string of the molecule is CCS(=O)(=O)N1CCC[C@@H](C(=O)NCCN(C)C)C1. The van der Waals surface area contributed by atoms with Crippen molar-refractivity contribution >= 4 is 15.9 Å². The van der Waals surface area contributed by atoms with Crippen LogP contribution in [-0.2, 0) is 14.8 Å². The fourth-order valence-corrected chi connectivity index (χ4v) is 3.32. The summed E-state index contributed by atoms with van der Waals surface area (Å²) in [5.41, 5.74) is 0. The lowest BCUT2D eigenvalue weighted by Gasteiger charge is -2.31. The molecule has 1 aliphatic rings. The number of hydrogen-bond donors (Lipinski definition) is 1. The van der Waals surface area contributed by atoms with Gasteiger partial charge in [0.2, 0.25) is 15.9 Å². The predicted octanol–water partition coefficient (Wildman–Crippen LogP) is -0.274. The number of rotatable bonds is 6. The minimum atomic E-state index is -3.18. The van der Waals surface area contributed by atoms with Gasteiger partial charge in [-0.2, -0.15) is 0 Å². The van der Waals surface area contributed by atoms with E-state index in [0.717, 1.165) is 19.4 Å². The molecule has 1 fully saturated rings. The molecule has 112 valence electrons. The Balaban J connectivity index is 2.48. The summed E-state index contributed by atoms with van der Waals surface area (Å²) in [4.78, 5) is 14.0. The Morgan fingerprint density at radius 1 is 1.42 bits per heavy atom. The third kappa shape index (κ3) is 5.08. The summed E-state index contributed by atoms with van der Waals surface area (Å²) < 4.78 is 25.1. The van der Waals surface area contributed by atoms with Crippen molar-refractivity contribution in [3.8, 4) is 0 Å². The third-order valence-corrected chi connectivity index (χ3v) is 5.22. The summed E-state index contributed by atoms with van der Waals surface area (Å²) in [7, 11) is 0.717. The minimum absolute atomic E-state index is 0.0298. The van der Waals surface area contributed by atoms with Gasteiger partial charge in [0.15, 0.2) is 0 Å². The maximum atomic E-state index is 12.0. The highest BCUT2D eigenvalue weighted by Gasteiger charge is 2.31. The normalized spacial score (nSPS) is 21.6. The lowest BCUT2D eigenvalue weighted by molar-refractivity contribution is -0.126. The Morgan fingerprint density at radius 2 is 2.11 bits per heavy atom. The van der Waals surface area contributed by atoms with Crippen LogP contribution in [0.1, 0.15) is 19.8 Å². The molecule has 6 nitrogen and oxygen atoms in total. The molecule has 7 heteroatoms. The average Bonchev–Trinajstić information content (AvgIpc) is 2.38. The van der Waals surface area contributed by atoms with Crippen LogP contribution in [0.5, 0.6) is 0 Å². The molecule has 0 unspecified atom stereocenters. The number of amides is 1. The first-order valence-corrected chi connectivity index (χ1v) is 8.38. The number of piperidine rings is 1. The first-order chi connectivity index (χ1) is 8.86. The first-order valence-electron chi connectivity index (χ1n) is 6.77. The van der Waals surface area contributed by atoms with Crippen LogP contribution in [0, 0.1) is 5.92 Å². The van der Waals surface area contributed by atoms with Crippen LogP contribution >= 0.6 is 0 Å². The van der Waals surface area contributed by atoms with Crippen molar-refractivity contribution < 1.29 is 13.2 Å². The van der Waals surface area contributed by atoms with Crippen LogP contribution in [0.2, 0.25) is 0 Å².